The monoisotopic (exact) mass is 293 g/mol. The van der Waals surface area contributed by atoms with E-state index in [9.17, 15) is 9.90 Å². The topological polar surface area (TPSA) is 133 Å². The summed E-state index contributed by atoms with van der Waals surface area (Å²) in [5.74, 6) is 0.334. The molecule has 0 spiro atoms. The number of fused-ring (bicyclic) bond motifs is 1. The Morgan fingerprint density at radius 1 is 1.57 bits per heavy atom. The van der Waals surface area contributed by atoms with Crippen LogP contribution in [-0.2, 0) is 18.3 Å². The summed E-state index contributed by atoms with van der Waals surface area (Å²) in [6, 6.07) is 1.43. The lowest BCUT2D eigenvalue weighted by Crippen LogP contribution is -2.35. The van der Waals surface area contributed by atoms with Gasteiger partial charge in [0.25, 0.3) is 0 Å². The fourth-order valence-electron chi connectivity index (χ4n) is 2.00. The van der Waals surface area contributed by atoms with E-state index in [1.54, 1.807) is 18.5 Å². The van der Waals surface area contributed by atoms with Gasteiger partial charge in [-0.1, -0.05) is 0 Å². The van der Waals surface area contributed by atoms with Crippen LogP contribution in [0.2, 0.25) is 0 Å². The second-order valence-electron chi connectivity index (χ2n) is 4.29. The molecule has 2 aromatic heterocycles. The van der Waals surface area contributed by atoms with E-state index < -0.39 is 6.09 Å². The van der Waals surface area contributed by atoms with Gasteiger partial charge >= 0.3 is 11.7 Å². The third kappa shape index (κ3) is 2.71. The van der Waals surface area contributed by atoms with Gasteiger partial charge in [0.15, 0.2) is 17.2 Å². The molecule has 2 rings (SSSR count). The number of guanidine groups is 1. The average Bonchev–Trinajstić information content (AvgIpc) is 2.69. The van der Waals surface area contributed by atoms with Gasteiger partial charge in [-0.3, -0.25) is 0 Å². The number of pyridine rings is 1. The number of carbonyl (C=O) groups excluding carboxylic acids is 1. The minimum absolute atomic E-state index is 0.0560. The molecule has 0 aliphatic carbocycles. The minimum Gasteiger partial charge on any atom is -0.505 e. The van der Waals surface area contributed by atoms with Crippen LogP contribution in [0.25, 0.3) is 11.2 Å². The van der Waals surface area contributed by atoms with Crippen molar-refractivity contribution in [2.75, 3.05) is 6.61 Å². The number of imidazole rings is 1. The summed E-state index contributed by atoms with van der Waals surface area (Å²) < 4.78 is 7.98. The summed E-state index contributed by atoms with van der Waals surface area (Å²) in [6.07, 6.45) is 0.707. The maximum Gasteiger partial charge on any atom is 0.481 e. The summed E-state index contributed by atoms with van der Waals surface area (Å²) in [5, 5.41) is 9.58. The molecule has 9 heteroatoms. The lowest BCUT2D eigenvalue weighted by molar-refractivity contribution is -0.655. The first-order chi connectivity index (χ1) is 9.95. The number of hydrogen-bond donors (Lipinski definition) is 3. The van der Waals surface area contributed by atoms with Crippen molar-refractivity contribution in [3.63, 3.8) is 0 Å². The van der Waals surface area contributed by atoms with Crippen LogP contribution in [0.1, 0.15) is 12.7 Å². The van der Waals surface area contributed by atoms with Gasteiger partial charge in [-0.15, -0.1) is 4.98 Å². The fourth-order valence-corrected chi connectivity index (χ4v) is 2.00. The van der Waals surface area contributed by atoms with E-state index in [2.05, 4.69) is 9.98 Å². The lowest BCUT2D eigenvalue weighted by atomic mass is 10.4. The summed E-state index contributed by atoms with van der Waals surface area (Å²) in [7, 11) is 1.72. The Morgan fingerprint density at radius 2 is 2.29 bits per heavy atom. The van der Waals surface area contributed by atoms with Gasteiger partial charge in [-0.25, -0.2) is 14.4 Å². The first-order valence-corrected chi connectivity index (χ1v) is 6.26. The number of rotatable bonds is 3. The molecule has 5 N–H and O–H groups in total. The van der Waals surface area contributed by atoms with Crippen LogP contribution in [0.5, 0.6) is 5.75 Å². The highest BCUT2D eigenvalue weighted by atomic mass is 16.5. The van der Waals surface area contributed by atoms with Crippen molar-refractivity contribution in [3.05, 3.63) is 18.1 Å². The molecule has 2 heterocycles. The van der Waals surface area contributed by atoms with Gasteiger partial charge in [-0.05, 0) is 6.92 Å². The van der Waals surface area contributed by atoms with Crippen LogP contribution in [-0.4, -0.2) is 33.3 Å². The van der Waals surface area contributed by atoms with Gasteiger partial charge in [0.1, 0.15) is 12.7 Å². The van der Waals surface area contributed by atoms with Crippen molar-refractivity contribution in [1.82, 2.24) is 9.55 Å². The number of hydrogen-bond acceptors (Lipinski definition) is 5. The Balaban J connectivity index is 2.69. The third-order valence-electron chi connectivity index (χ3n) is 2.89. The maximum atomic E-state index is 12.2. The highest BCUT2D eigenvalue weighted by molar-refractivity contribution is 5.84. The molecule has 0 bridgehead atoms. The molecule has 2 aromatic rings. The van der Waals surface area contributed by atoms with Crippen molar-refractivity contribution < 1.29 is 19.2 Å². The molecule has 0 atom stereocenters. The molecule has 0 saturated carbocycles. The summed E-state index contributed by atoms with van der Waals surface area (Å²) in [5.41, 5.74) is 11.6. The number of aryl methyl sites for hydroxylation is 1. The predicted molar refractivity (Wildman–Crippen MR) is 74.5 cm³/mol. The van der Waals surface area contributed by atoms with Crippen LogP contribution in [0, 0.1) is 0 Å². The number of nitrogens with two attached hydrogens (primary N) is 2. The summed E-state index contributed by atoms with van der Waals surface area (Å²) in [6.45, 7) is 2.00. The van der Waals surface area contributed by atoms with E-state index in [1.807, 2.05) is 0 Å². The van der Waals surface area contributed by atoms with E-state index in [1.165, 1.54) is 16.8 Å². The Bertz CT molecular complexity index is 717. The van der Waals surface area contributed by atoms with Crippen molar-refractivity contribution in [3.8, 4) is 5.75 Å². The fraction of sp³-hybridized carbons (Fsp3) is 0.333. The van der Waals surface area contributed by atoms with Crippen LogP contribution < -0.4 is 16.0 Å². The van der Waals surface area contributed by atoms with E-state index in [0.717, 1.165) is 0 Å². The molecule has 0 aliphatic heterocycles. The summed E-state index contributed by atoms with van der Waals surface area (Å²) >= 11 is 0. The number of aromatic hydroxyl groups is 1. The second kappa shape index (κ2) is 5.65. The van der Waals surface area contributed by atoms with Gasteiger partial charge in [-0.2, -0.15) is 4.57 Å². The Labute approximate surface area is 120 Å². The minimum atomic E-state index is -0.587. The molecule has 112 valence electrons. The van der Waals surface area contributed by atoms with Gasteiger partial charge in [0.2, 0.25) is 5.82 Å². The molecule has 21 heavy (non-hydrogen) atoms. The summed E-state index contributed by atoms with van der Waals surface area (Å²) in [4.78, 5) is 20.2. The van der Waals surface area contributed by atoms with E-state index in [0.29, 0.717) is 17.0 Å². The largest absolute Gasteiger partial charge is 0.505 e. The van der Waals surface area contributed by atoms with Crippen molar-refractivity contribution in [2.24, 2.45) is 23.5 Å². The first-order valence-electron chi connectivity index (χ1n) is 6.26. The molecule has 0 aliphatic rings. The average molecular weight is 293 g/mol. The SMILES string of the molecule is CCOC(=O)n1c(CN=C(N)N)[n+](C)c2ncc(O)cc21. The predicted octanol–water partition coefficient (Wildman–Crippen LogP) is -0.656. The molecule has 9 nitrogen and oxygen atoms in total. The lowest BCUT2D eigenvalue weighted by Gasteiger charge is -2.02. The molecule has 0 saturated heterocycles. The van der Waals surface area contributed by atoms with Crippen LogP contribution >= 0.6 is 0 Å². The molecule has 0 unspecified atom stereocenters. The molecular weight excluding hydrogens is 276 g/mol. The van der Waals surface area contributed by atoms with Crippen molar-refractivity contribution in [2.45, 2.75) is 13.5 Å². The third-order valence-corrected chi connectivity index (χ3v) is 2.89. The molecule has 0 radical (unpaired) electrons. The normalized spacial score (nSPS) is 10.6. The first kappa shape index (κ1) is 14.6. The van der Waals surface area contributed by atoms with Gasteiger partial charge < -0.3 is 21.3 Å². The smallest absolute Gasteiger partial charge is 0.481 e. The van der Waals surface area contributed by atoms with Crippen LogP contribution in [0.3, 0.4) is 0 Å². The molecule has 0 aromatic carbocycles. The highest BCUT2D eigenvalue weighted by Crippen LogP contribution is 2.18. The molecule has 0 fully saturated rings. The van der Waals surface area contributed by atoms with Crippen LogP contribution in [0.15, 0.2) is 17.3 Å². The standard InChI is InChI=1S/C12H16N6O3/c1-3-21-12(20)18-8-4-7(19)5-15-10(8)17(2)9(18)6-16-11(13)14/h4-5H,3,6H2,1-2H3,(H4-,13,14,16,19)/p+1. The Hall–Kier alpha value is -2.84. The van der Waals surface area contributed by atoms with E-state index >= 15 is 0 Å². The zero-order valence-corrected chi connectivity index (χ0v) is 11.8. The number of ether oxygens (including phenoxy) is 1. The number of aliphatic imine (C=N–C) groups is 1. The zero-order valence-electron chi connectivity index (χ0n) is 11.8. The zero-order chi connectivity index (χ0) is 15.6. The second-order valence-corrected chi connectivity index (χ2v) is 4.29. The van der Waals surface area contributed by atoms with Crippen molar-refractivity contribution >= 4 is 23.2 Å². The van der Waals surface area contributed by atoms with Gasteiger partial charge in [0, 0.05) is 6.07 Å². The van der Waals surface area contributed by atoms with Crippen molar-refractivity contribution in [1.29, 1.82) is 0 Å². The Morgan fingerprint density at radius 3 is 2.90 bits per heavy atom. The van der Waals surface area contributed by atoms with E-state index in [-0.39, 0.29) is 24.9 Å². The van der Waals surface area contributed by atoms with Gasteiger partial charge in [0.05, 0.1) is 13.7 Å². The Kier molecular flexibility index (Phi) is 3.92. The number of nitrogens with zero attached hydrogens (tertiary/aromatic N) is 4. The molecular formula is C12H17N6O3+. The number of aromatic nitrogens is 3. The van der Waals surface area contributed by atoms with E-state index in [4.69, 9.17) is 16.2 Å². The quantitative estimate of drug-likeness (QED) is 0.391. The highest BCUT2D eigenvalue weighted by Gasteiger charge is 2.28. The maximum absolute atomic E-state index is 12.2. The number of carbonyl (C=O) groups is 1. The molecule has 0 amide bonds. The van der Waals surface area contributed by atoms with Crippen LogP contribution in [0.4, 0.5) is 4.79 Å².